The van der Waals surface area contributed by atoms with Gasteiger partial charge in [-0.05, 0) is 48.9 Å². The molecule has 4 aromatic heterocycles. The lowest BCUT2D eigenvalue weighted by Gasteiger charge is -2.36. The summed E-state index contributed by atoms with van der Waals surface area (Å²) in [5.74, 6) is 0.218. The number of carbonyl (C=O) groups excluding carboxylic acids is 2. The molecule has 13 nitrogen and oxygen atoms in total. The summed E-state index contributed by atoms with van der Waals surface area (Å²) in [6, 6.07) is 13.1. The number of anilines is 3. The van der Waals surface area contributed by atoms with Gasteiger partial charge in [0, 0.05) is 56.6 Å². The highest BCUT2D eigenvalue weighted by Crippen LogP contribution is 2.35. The molecule has 0 atom stereocenters. The number of aryl methyl sites for hydroxylation is 1. The molecule has 14 heteroatoms. The third kappa shape index (κ3) is 6.16. The van der Waals surface area contributed by atoms with Gasteiger partial charge in [-0.3, -0.25) is 19.0 Å². The number of hydrogen-bond donors (Lipinski definition) is 2. The van der Waals surface area contributed by atoms with Gasteiger partial charge in [-0.1, -0.05) is 26.0 Å². The highest BCUT2D eigenvalue weighted by molar-refractivity contribution is 6.06. The Morgan fingerprint density at radius 3 is 2.42 bits per heavy atom. The monoisotopic (exact) mass is 653 g/mol. The molecule has 1 aliphatic rings. The van der Waals surface area contributed by atoms with Gasteiger partial charge in [-0.15, -0.1) is 0 Å². The minimum atomic E-state index is -0.673. The van der Waals surface area contributed by atoms with E-state index in [2.05, 4.69) is 20.3 Å². The third-order valence-corrected chi connectivity index (χ3v) is 8.21. The van der Waals surface area contributed by atoms with E-state index < -0.39 is 17.3 Å². The second kappa shape index (κ2) is 13.1. The van der Waals surface area contributed by atoms with Gasteiger partial charge >= 0.3 is 0 Å². The van der Waals surface area contributed by atoms with Crippen LogP contribution in [0.4, 0.5) is 21.7 Å². The maximum atomic E-state index is 13.5. The van der Waals surface area contributed by atoms with E-state index in [4.69, 9.17) is 15.5 Å². The first-order valence-electron chi connectivity index (χ1n) is 15.6. The number of aromatic nitrogens is 5. The fraction of sp³-hybridized carbons (Fsp3) is 0.294. The van der Waals surface area contributed by atoms with Crippen molar-refractivity contribution in [2.75, 3.05) is 48.7 Å². The van der Waals surface area contributed by atoms with Crippen LogP contribution >= 0.6 is 0 Å². The van der Waals surface area contributed by atoms with Gasteiger partial charge in [0.15, 0.2) is 11.5 Å². The minimum Gasteiger partial charge on any atom is -0.493 e. The zero-order valence-corrected chi connectivity index (χ0v) is 27.1. The lowest BCUT2D eigenvalue weighted by atomic mass is 10.0. The number of nitrogens with two attached hydrogens (primary N) is 1. The number of pyridine rings is 3. The maximum Gasteiger partial charge on any atom is 0.272 e. The number of benzene rings is 1. The van der Waals surface area contributed by atoms with E-state index in [1.165, 1.54) is 24.4 Å². The number of rotatable bonds is 8. The number of nitrogens with zero attached hydrogens (tertiary/aromatic N) is 7. The van der Waals surface area contributed by atoms with Crippen molar-refractivity contribution in [3.63, 3.8) is 0 Å². The molecule has 1 aliphatic heterocycles. The van der Waals surface area contributed by atoms with Crippen LogP contribution in [0, 0.1) is 11.7 Å². The van der Waals surface area contributed by atoms with Crippen LogP contribution in [0.5, 0.6) is 5.75 Å². The topological polar surface area (TPSA) is 154 Å². The smallest absolute Gasteiger partial charge is 0.272 e. The molecule has 0 radical (unpaired) electrons. The normalized spacial score (nSPS) is 13.3. The Hall–Kier alpha value is -5.79. The minimum absolute atomic E-state index is 0.0559. The van der Waals surface area contributed by atoms with E-state index in [0.29, 0.717) is 48.7 Å². The molecule has 1 aromatic carbocycles. The highest BCUT2D eigenvalue weighted by atomic mass is 19.1. The standard InChI is InChI=1S/C34H36FN9O4/c1-5-48-25-12-13-44(26-11-8-22(35)19-37-26)34(47)29(25)32(45)38-23-9-6-21(7-10-23)24-18-27(39-31-28(24)30(36)40-41(31)4)42-14-16-43(17-15-42)33(46)20(2)3/h6-13,18-20H,5,14-17H2,1-4H3,(H2,36,40)(H,38,45). The molecular formula is C34H36FN9O4. The van der Waals surface area contributed by atoms with Crippen LogP contribution in [0.2, 0.25) is 0 Å². The molecule has 5 heterocycles. The number of amides is 2. The van der Waals surface area contributed by atoms with Crippen molar-refractivity contribution in [1.29, 1.82) is 0 Å². The first kappa shape index (κ1) is 32.2. The van der Waals surface area contributed by atoms with Gasteiger partial charge in [0.2, 0.25) is 5.91 Å². The van der Waals surface area contributed by atoms with E-state index in [-0.39, 0.29) is 35.6 Å². The molecule has 1 fully saturated rings. The average Bonchev–Trinajstić information content (AvgIpc) is 3.37. The first-order valence-corrected chi connectivity index (χ1v) is 15.6. The van der Waals surface area contributed by atoms with Crippen molar-refractivity contribution in [1.82, 2.24) is 29.2 Å². The number of nitrogen functional groups attached to an aromatic ring is 1. The molecule has 48 heavy (non-hydrogen) atoms. The number of nitrogens with one attached hydrogen (secondary N) is 1. The summed E-state index contributed by atoms with van der Waals surface area (Å²) >= 11 is 0. The van der Waals surface area contributed by atoms with E-state index in [1.54, 1.807) is 30.8 Å². The summed E-state index contributed by atoms with van der Waals surface area (Å²) in [5.41, 5.74) is 8.16. The Morgan fingerprint density at radius 1 is 1.04 bits per heavy atom. The Kier molecular flexibility index (Phi) is 8.80. The van der Waals surface area contributed by atoms with Crippen LogP contribution in [0.3, 0.4) is 0 Å². The number of carbonyl (C=O) groups is 2. The van der Waals surface area contributed by atoms with E-state index in [1.807, 2.05) is 36.9 Å². The van der Waals surface area contributed by atoms with Crippen LogP contribution in [0.25, 0.3) is 28.0 Å². The summed E-state index contributed by atoms with van der Waals surface area (Å²) in [6.45, 7) is 8.27. The van der Waals surface area contributed by atoms with Crippen molar-refractivity contribution in [3.8, 4) is 22.7 Å². The zero-order valence-electron chi connectivity index (χ0n) is 27.1. The zero-order chi connectivity index (χ0) is 34.1. The van der Waals surface area contributed by atoms with Gasteiger partial charge < -0.3 is 25.6 Å². The summed E-state index contributed by atoms with van der Waals surface area (Å²) in [7, 11) is 1.79. The second-order valence-corrected chi connectivity index (χ2v) is 11.7. The quantitative estimate of drug-likeness (QED) is 0.254. The molecule has 0 aliphatic carbocycles. The van der Waals surface area contributed by atoms with Crippen molar-refractivity contribution < 1.29 is 18.7 Å². The lowest BCUT2D eigenvalue weighted by Crippen LogP contribution is -2.50. The van der Waals surface area contributed by atoms with Gasteiger partial charge in [-0.25, -0.2) is 19.0 Å². The molecule has 5 aromatic rings. The molecule has 0 bridgehead atoms. The number of piperazine rings is 1. The van der Waals surface area contributed by atoms with E-state index in [0.717, 1.165) is 27.7 Å². The van der Waals surface area contributed by atoms with Crippen molar-refractivity contribution in [2.24, 2.45) is 13.0 Å². The molecule has 248 valence electrons. The van der Waals surface area contributed by atoms with Crippen molar-refractivity contribution in [2.45, 2.75) is 20.8 Å². The van der Waals surface area contributed by atoms with E-state index in [9.17, 15) is 18.8 Å². The average molecular weight is 654 g/mol. The third-order valence-electron chi connectivity index (χ3n) is 8.21. The van der Waals surface area contributed by atoms with Crippen LogP contribution in [0.1, 0.15) is 31.1 Å². The van der Waals surface area contributed by atoms with Gasteiger partial charge in [0.25, 0.3) is 11.5 Å². The molecule has 2 amide bonds. The second-order valence-electron chi connectivity index (χ2n) is 11.7. The van der Waals surface area contributed by atoms with Gasteiger partial charge in [0.05, 0.1) is 18.2 Å². The van der Waals surface area contributed by atoms with Gasteiger partial charge in [-0.2, -0.15) is 5.10 Å². The van der Waals surface area contributed by atoms with Crippen molar-refractivity contribution >= 4 is 40.2 Å². The molecule has 1 saturated heterocycles. The summed E-state index contributed by atoms with van der Waals surface area (Å²) in [4.78, 5) is 52.4. The fourth-order valence-corrected chi connectivity index (χ4v) is 5.80. The Morgan fingerprint density at radius 2 is 1.77 bits per heavy atom. The lowest BCUT2D eigenvalue weighted by molar-refractivity contribution is -0.134. The number of hydrogen-bond acceptors (Lipinski definition) is 9. The van der Waals surface area contributed by atoms with Gasteiger partial charge in [0.1, 0.15) is 28.8 Å². The Labute approximate surface area is 275 Å². The molecule has 0 unspecified atom stereocenters. The fourth-order valence-electron chi connectivity index (χ4n) is 5.80. The highest BCUT2D eigenvalue weighted by Gasteiger charge is 2.26. The molecular weight excluding hydrogens is 617 g/mol. The maximum absolute atomic E-state index is 13.5. The van der Waals surface area contributed by atoms with Crippen molar-refractivity contribution in [3.05, 3.63) is 82.7 Å². The van der Waals surface area contributed by atoms with Crippen LogP contribution in [-0.2, 0) is 11.8 Å². The Balaban J connectivity index is 1.29. The first-order chi connectivity index (χ1) is 23.0. The van der Waals surface area contributed by atoms with Crippen LogP contribution in [-0.4, -0.2) is 73.8 Å². The summed E-state index contributed by atoms with van der Waals surface area (Å²) < 4.78 is 21.9. The summed E-state index contributed by atoms with van der Waals surface area (Å²) in [5, 5.41) is 7.91. The summed E-state index contributed by atoms with van der Waals surface area (Å²) in [6.07, 6.45) is 2.42. The van der Waals surface area contributed by atoms with Crippen LogP contribution < -0.4 is 26.2 Å². The molecule has 6 rings (SSSR count). The van der Waals surface area contributed by atoms with E-state index >= 15 is 0 Å². The SMILES string of the molecule is CCOc1ccn(-c2ccc(F)cn2)c(=O)c1C(=O)Nc1ccc(-c2cc(N3CCN(C(=O)C(C)C)CC3)nc3c2c(N)nn3C)cc1. The van der Waals surface area contributed by atoms with Crippen LogP contribution in [0.15, 0.2) is 65.7 Å². The predicted molar refractivity (Wildman–Crippen MR) is 181 cm³/mol. The molecule has 0 spiro atoms. The number of ether oxygens (including phenoxy) is 1. The number of fused-ring (bicyclic) bond motifs is 1. The largest absolute Gasteiger partial charge is 0.493 e. The number of halogens is 1. The molecule has 0 saturated carbocycles. The predicted octanol–water partition coefficient (Wildman–Crippen LogP) is 3.86. The Bertz CT molecular complexity index is 2050. The molecule has 3 N–H and O–H groups in total.